The third-order valence-corrected chi connectivity index (χ3v) is 7.49. The number of aromatic carboxylic acids is 1. The Morgan fingerprint density at radius 2 is 1.70 bits per heavy atom. The van der Waals surface area contributed by atoms with Crippen LogP contribution in [0.2, 0.25) is 0 Å². The maximum atomic E-state index is 13.4. The van der Waals surface area contributed by atoms with E-state index >= 15 is 0 Å². The Balaban J connectivity index is 1.26. The first-order valence-corrected chi connectivity index (χ1v) is 12.3. The summed E-state index contributed by atoms with van der Waals surface area (Å²) in [6.45, 7) is 1.80. The number of carboxylic acids is 1. The minimum atomic E-state index is -0.961. The predicted octanol–water partition coefficient (Wildman–Crippen LogP) is 3.57. The number of carbonyl (C=O) groups excluding carboxylic acids is 2. The first-order valence-electron chi connectivity index (χ1n) is 12.3. The molecule has 0 unspecified atom stereocenters. The number of amides is 2. The number of benzene rings is 2. The fraction of sp³-hybridized carbons (Fsp3) is 0.250. The Morgan fingerprint density at radius 3 is 2.54 bits per heavy atom. The summed E-state index contributed by atoms with van der Waals surface area (Å²) in [6, 6.07) is 14.2. The zero-order valence-electron chi connectivity index (χ0n) is 20.2. The van der Waals surface area contributed by atoms with Gasteiger partial charge in [-0.3, -0.25) is 9.59 Å². The predicted molar refractivity (Wildman–Crippen MR) is 135 cm³/mol. The summed E-state index contributed by atoms with van der Waals surface area (Å²) in [7, 11) is 0. The van der Waals surface area contributed by atoms with Gasteiger partial charge in [-0.05, 0) is 66.5 Å². The molecule has 2 heterocycles. The summed E-state index contributed by atoms with van der Waals surface area (Å²) < 4.78 is 1.42. The molecular formula is C28H25N5O4. The third kappa shape index (κ3) is 3.92. The van der Waals surface area contributed by atoms with Crippen molar-refractivity contribution in [2.45, 2.75) is 44.7 Å². The molecule has 2 aliphatic carbocycles. The van der Waals surface area contributed by atoms with Crippen LogP contribution in [-0.4, -0.2) is 37.5 Å². The number of hydrogen-bond donors (Lipinski definition) is 3. The molecule has 3 N–H and O–H groups in total. The molecule has 2 amide bonds. The SMILES string of the molecule is Cc1c(C(=O)O)ccc2c1CC[C@@H]2NC(=O)c1cc(C(=O)N[C@H]2CCc3ccccc32)nc2ccnn12. The molecule has 0 spiro atoms. The Labute approximate surface area is 212 Å². The number of aromatic nitrogens is 3. The number of aryl methyl sites for hydroxylation is 1. The Kier molecular flexibility index (Phi) is 5.48. The van der Waals surface area contributed by atoms with Gasteiger partial charge in [-0.1, -0.05) is 30.3 Å². The summed E-state index contributed by atoms with van der Waals surface area (Å²) in [5.74, 6) is -1.69. The molecule has 0 saturated heterocycles. The lowest BCUT2D eigenvalue weighted by Crippen LogP contribution is -2.31. The molecule has 0 fully saturated rings. The zero-order valence-corrected chi connectivity index (χ0v) is 20.2. The Bertz CT molecular complexity index is 1590. The van der Waals surface area contributed by atoms with E-state index in [4.69, 9.17) is 0 Å². The summed E-state index contributed by atoms with van der Waals surface area (Å²) in [5.41, 5.74) is 5.98. The number of hydrogen-bond acceptors (Lipinski definition) is 5. The van der Waals surface area contributed by atoms with E-state index < -0.39 is 5.97 Å². The van der Waals surface area contributed by atoms with Crippen molar-refractivity contribution >= 4 is 23.4 Å². The second-order valence-electron chi connectivity index (χ2n) is 9.57. The van der Waals surface area contributed by atoms with Crippen molar-refractivity contribution in [1.82, 2.24) is 25.2 Å². The van der Waals surface area contributed by atoms with E-state index in [1.165, 1.54) is 22.3 Å². The van der Waals surface area contributed by atoms with Gasteiger partial charge in [-0.15, -0.1) is 0 Å². The monoisotopic (exact) mass is 495 g/mol. The molecule has 2 aromatic heterocycles. The van der Waals surface area contributed by atoms with E-state index in [2.05, 4.69) is 26.8 Å². The minimum absolute atomic E-state index is 0.0992. The molecule has 9 nitrogen and oxygen atoms in total. The van der Waals surface area contributed by atoms with Crippen LogP contribution in [0.15, 0.2) is 54.7 Å². The van der Waals surface area contributed by atoms with Gasteiger partial charge >= 0.3 is 5.97 Å². The van der Waals surface area contributed by atoms with Gasteiger partial charge in [0, 0.05) is 12.1 Å². The van der Waals surface area contributed by atoms with Crippen LogP contribution in [0.25, 0.3) is 5.65 Å². The van der Waals surface area contributed by atoms with Crippen molar-refractivity contribution in [2.24, 2.45) is 0 Å². The molecular weight excluding hydrogens is 470 g/mol. The number of carboxylic acid groups (broad SMARTS) is 1. The summed E-state index contributed by atoms with van der Waals surface area (Å²) in [4.78, 5) is 42.6. The van der Waals surface area contributed by atoms with Crippen LogP contribution in [-0.2, 0) is 12.8 Å². The van der Waals surface area contributed by atoms with Crippen LogP contribution in [0, 0.1) is 6.92 Å². The number of nitrogens with one attached hydrogen (secondary N) is 2. The summed E-state index contributed by atoms with van der Waals surface area (Å²) in [5, 5.41) is 19.8. The van der Waals surface area contributed by atoms with Gasteiger partial charge in [-0.2, -0.15) is 5.10 Å². The maximum Gasteiger partial charge on any atom is 0.335 e. The van der Waals surface area contributed by atoms with Crippen molar-refractivity contribution < 1.29 is 19.5 Å². The van der Waals surface area contributed by atoms with Crippen LogP contribution >= 0.6 is 0 Å². The zero-order chi connectivity index (χ0) is 25.7. The molecule has 186 valence electrons. The van der Waals surface area contributed by atoms with E-state index in [0.29, 0.717) is 18.5 Å². The van der Waals surface area contributed by atoms with Gasteiger partial charge in [0.05, 0.1) is 23.8 Å². The Morgan fingerprint density at radius 1 is 0.946 bits per heavy atom. The quantitative estimate of drug-likeness (QED) is 0.389. The van der Waals surface area contributed by atoms with Crippen LogP contribution < -0.4 is 10.6 Å². The van der Waals surface area contributed by atoms with Crippen molar-refractivity contribution in [3.05, 3.63) is 99.5 Å². The molecule has 0 bridgehead atoms. The smallest absolute Gasteiger partial charge is 0.335 e. The van der Waals surface area contributed by atoms with E-state index in [1.807, 2.05) is 18.2 Å². The molecule has 0 radical (unpaired) electrons. The first kappa shape index (κ1) is 22.9. The van der Waals surface area contributed by atoms with Crippen LogP contribution in [0.1, 0.15) is 84.1 Å². The van der Waals surface area contributed by atoms with E-state index in [9.17, 15) is 19.5 Å². The normalized spacial score (nSPS) is 17.9. The lowest BCUT2D eigenvalue weighted by Gasteiger charge is -2.17. The second kappa shape index (κ2) is 8.85. The van der Waals surface area contributed by atoms with Gasteiger partial charge in [0.15, 0.2) is 5.65 Å². The lowest BCUT2D eigenvalue weighted by molar-refractivity contribution is 0.0695. The Hall–Kier alpha value is -4.53. The average Bonchev–Trinajstić information content (AvgIpc) is 3.63. The van der Waals surface area contributed by atoms with Crippen LogP contribution in [0.5, 0.6) is 0 Å². The van der Waals surface area contributed by atoms with Crippen molar-refractivity contribution in [3.63, 3.8) is 0 Å². The maximum absolute atomic E-state index is 13.4. The molecule has 2 aliphatic rings. The molecule has 6 rings (SSSR count). The fourth-order valence-electron chi connectivity index (χ4n) is 5.62. The third-order valence-electron chi connectivity index (χ3n) is 7.49. The van der Waals surface area contributed by atoms with Gasteiger partial charge in [0.25, 0.3) is 11.8 Å². The van der Waals surface area contributed by atoms with E-state index in [-0.39, 0.29) is 40.8 Å². The highest BCUT2D eigenvalue weighted by molar-refractivity contribution is 5.98. The number of nitrogens with zero attached hydrogens (tertiary/aromatic N) is 3. The summed E-state index contributed by atoms with van der Waals surface area (Å²) in [6.07, 6.45) is 4.59. The van der Waals surface area contributed by atoms with Gasteiger partial charge < -0.3 is 15.7 Å². The topological polar surface area (TPSA) is 126 Å². The molecule has 2 atom stereocenters. The first-order chi connectivity index (χ1) is 17.9. The lowest BCUT2D eigenvalue weighted by atomic mass is 9.98. The standard InChI is InChI=1S/C28H25N5O4/c1-15-17-9-11-22(20(17)8-7-18(15)28(36)37)32-27(35)24-14-23(30-25-12-13-29-33(24)25)26(34)31-21-10-6-16-4-2-3-5-19(16)21/h2-5,7-8,12-14,21-22H,6,9-11H2,1H3,(H,31,34)(H,32,35)(H,36,37)/t21-,22-/m0/s1. The summed E-state index contributed by atoms with van der Waals surface area (Å²) >= 11 is 0. The van der Waals surface area contributed by atoms with Gasteiger partial charge in [0.1, 0.15) is 11.4 Å². The van der Waals surface area contributed by atoms with E-state index in [0.717, 1.165) is 35.1 Å². The highest BCUT2D eigenvalue weighted by atomic mass is 16.4. The molecule has 0 saturated carbocycles. The molecule has 9 heteroatoms. The molecule has 37 heavy (non-hydrogen) atoms. The van der Waals surface area contributed by atoms with Crippen molar-refractivity contribution in [1.29, 1.82) is 0 Å². The van der Waals surface area contributed by atoms with Gasteiger partial charge in [0.2, 0.25) is 0 Å². The highest BCUT2D eigenvalue weighted by Gasteiger charge is 2.29. The molecule has 2 aromatic carbocycles. The number of fused-ring (bicyclic) bond motifs is 3. The van der Waals surface area contributed by atoms with E-state index in [1.54, 1.807) is 25.1 Å². The van der Waals surface area contributed by atoms with Crippen molar-refractivity contribution in [3.8, 4) is 0 Å². The molecule has 0 aliphatic heterocycles. The van der Waals surface area contributed by atoms with Crippen molar-refractivity contribution in [2.75, 3.05) is 0 Å². The van der Waals surface area contributed by atoms with Gasteiger partial charge in [-0.25, -0.2) is 14.3 Å². The largest absolute Gasteiger partial charge is 0.478 e. The number of rotatable bonds is 5. The highest BCUT2D eigenvalue weighted by Crippen LogP contribution is 2.35. The number of carbonyl (C=O) groups is 3. The minimum Gasteiger partial charge on any atom is -0.478 e. The average molecular weight is 496 g/mol. The molecule has 4 aromatic rings. The van der Waals surface area contributed by atoms with Crippen LogP contribution in [0.4, 0.5) is 0 Å². The van der Waals surface area contributed by atoms with Crippen LogP contribution in [0.3, 0.4) is 0 Å². The fourth-order valence-corrected chi connectivity index (χ4v) is 5.62. The second-order valence-corrected chi connectivity index (χ2v) is 9.57.